The first kappa shape index (κ1) is 29.5. The number of hydrogen-bond donors (Lipinski definition) is 1. The number of anilines is 2. The second kappa shape index (κ2) is 11.3. The molecule has 1 saturated carbocycles. The van der Waals surface area contributed by atoms with Crippen LogP contribution in [0.1, 0.15) is 56.4 Å². The lowest BCUT2D eigenvalue weighted by Gasteiger charge is -2.25. The van der Waals surface area contributed by atoms with Gasteiger partial charge in [-0.15, -0.1) is 0 Å². The molecule has 2 aliphatic rings. The molecule has 234 valence electrons. The van der Waals surface area contributed by atoms with Gasteiger partial charge in [-0.3, -0.25) is 4.68 Å². The van der Waals surface area contributed by atoms with Crippen molar-refractivity contribution in [2.45, 2.75) is 61.5 Å². The number of carbonyl (C=O) groups excluding carboxylic acids is 1. The Hall–Kier alpha value is -5.22. The van der Waals surface area contributed by atoms with Gasteiger partial charge in [-0.1, -0.05) is 30.3 Å². The second-order valence-corrected chi connectivity index (χ2v) is 14.6. The molecule has 46 heavy (non-hydrogen) atoms. The maximum absolute atomic E-state index is 13.6. The van der Waals surface area contributed by atoms with Gasteiger partial charge in [-0.2, -0.15) is 10.4 Å². The van der Waals surface area contributed by atoms with Crippen molar-refractivity contribution in [2.24, 2.45) is 5.92 Å². The van der Waals surface area contributed by atoms with Crippen LogP contribution in [0.4, 0.5) is 16.3 Å². The summed E-state index contributed by atoms with van der Waals surface area (Å²) in [4.78, 5) is 21.4. The highest BCUT2D eigenvalue weighted by Crippen LogP contribution is 2.50. The van der Waals surface area contributed by atoms with Crippen molar-refractivity contribution >= 4 is 38.3 Å². The van der Waals surface area contributed by atoms with E-state index in [-0.39, 0.29) is 17.5 Å². The van der Waals surface area contributed by atoms with Gasteiger partial charge in [0.25, 0.3) is 0 Å². The van der Waals surface area contributed by atoms with Gasteiger partial charge in [-0.05, 0) is 62.4 Å². The minimum atomic E-state index is -3.84. The molecule has 0 saturated heterocycles. The number of aromatic nitrogens is 5. The topological polar surface area (TPSA) is 154 Å². The van der Waals surface area contributed by atoms with Gasteiger partial charge in [0.15, 0.2) is 15.7 Å². The molecule has 5 aromatic rings. The standard InChI is InChI=1S/C33H31N7O5S/c1-33(2)29(45-32(41)39-17-16-35-20-39)24-18-23(10-11-27(24)46(33,42)43)37-30-28-26(40(38-30)25(12-14-34)22-8-9-22)13-15-36-31(28)44-19-21-6-4-3-5-7-21/h3-7,10-11,13,15-18,20,22,25,29H,8-9,12,19H2,1-2H3,(H,37,38)/t25-,29?/m0/s1. The zero-order valence-corrected chi connectivity index (χ0v) is 26.0. The Morgan fingerprint density at radius 3 is 2.67 bits per heavy atom. The summed E-state index contributed by atoms with van der Waals surface area (Å²) < 4.78 is 40.8. The van der Waals surface area contributed by atoms with Crippen molar-refractivity contribution in [2.75, 3.05) is 5.32 Å². The smallest absolute Gasteiger partial charge is 0.419 e. The number of hydrogen-bond acceptors (Lipinski definition) is 10. The Morgan fingerprint density at radius 2 is 1.96 bits per heavy atom. The lowest BCUT2D eigenvalue weighted by atomic mass is 9.98. The van der Waals surface area contributed by atoms with Crippen LogP contribution in [0.5, 0.6) is 5.88 Å². The number of nitrogens with one attached hydrogen (secondary N) is 1. The molecule has 13 heteroatoms. The number of nitrogens with zero attached hydrogens (tertiary/aromatic N) is 6. The summed E-state index contributed by atoms with van der Waals surface area (Å²) in [6, 6.07) is 18.7. The van der Waals surface area contributed by atoms with E-state index in [1.165, 1.54) is 24.8 Å². The van der Waals surface area contributed by atoms with Crippen LogP contribution < -0.4 is 10.1 Å². The van der Waals surface area contributed by atoms with E-state index >= 15 is 0 Å². The average Bonchev–Trinajstić information content (AvgIpc) is 3.56. The van der Waals surface area contributed by atoms with E-state index < -0.39 is 26.8 Å². The molecule has 1 aliphatic heterocycles. The Kier molecular flexibility index (Phi) is 7.24. The van der Waals surface area contributed by atoms with Crippen LogP contribution in [0.25, 0.3) is 10.9 Å². The number of pyridine rings is 1. The average molecular weight is 638 g/mol. The summed E-state index contributed by atoms with van der Waals surface area (Å²) in [6.45, 7) is 3.38. The zero-order chi connectivity index (χ0) is 32.1. The van der Waals surface area contributed by atoms with Crippen molar-refractivity contribution in [3.8, 4) is 11.9 Å². The Balaban J connectivity index is 1.29. The molecule has 1 unspecified atom stereocenters. The molecule has 2 atom stereocenters. The maximum atomic E-state index is 13.6. The molecule has 2 aromatic carbocycles. The van der Waals surface area contributed by atoms with Gasteiger partial charge in [0.2, 0.25) is 5.88 Å². The predicted molar refractivity (Wildman–Crippen MR) is 168 cm³/mol. The number of sulfone groups is 1. The Bertz CT molecular complexity index is 2080. The van der Waals surface area contributed by atoms with Crippen LogP contribution in [0, 0.1) is 17.2 Å². The largest absolute Gasteiger partial charge is 0.472 e. The number of fused-ring (bicyclic) bond motifs is 2. The molecular formula is C33H31N7O5S. The summed E-state index contributed by atoms with van der Waals surface area (Å²) in [7, 11) is -3.84. The number of benzene rings is 2. The lowest BCUT2D eigenvalue weighted by Crippen LogP contribution is -2.35. The number of nitriles is 1. The van der Waals surface area contributed by atoms with Gasteiger partial charge in [0, 0.05) is 29.8 Å². The fourth-order valence-electron chi connectivity index (χ4n) is 6.01. The monoisotopic (exact) mass is 637 g/mol. The minimum Gasteiger partial charge on any atom is -0.472 e. The quantitative estimate of drug-likeness (QED) is 0.200. The summed E-state index contributed by atoms with van der Waals surface area (Å²) in [5, 5.41) is 18.6. The van der Waals surface area contributed by atoms with Crippen LogP contribution >= 0.6 is 0 Å². The molecule has 0 radical (unpaired) electrons. The second-order valence-electron chi connectivity index (χ2n) is 12.1. The molecule has 0 spiro atoms. The molecule has 1 fully saturated rings. The van der Waals surface area contributed by atoms with E-state index in [9.17, 15) is 18.5 Å². The first-order valence-electron chi connectivity index (χ1n) is 14.9. The van der Waals surface area contributed by atoms with E-state index in [0.29, 0.717) is 40.7 Å². The highest BCUT2D eigenvalue weighted by Gasteiger charge is 2.54. The molecule has 7 rings (SSSR count). The Labute approximate surface area is 265 Å². The van der Waals surface area contributed by atoms with Gasteiger partial charge in [0.05, 0.1) is 28.9 Å². The van der Waals surface area contributed by atoms with Crippen LogP contribution in [0.3, 0.4) is 0 Å². The lowest BCUT2D eigenvalue weighted by molar-refractivity contribution is 0.0818. The van der Waals surface area contributed by atoms with Crippen LogP contribution in [-0.2, 0) is 21.2 Å². The molecule has 0 amide bonds. The zero-order valence-electron chi connectivity index (χ0n) is 25.2. The van der Waals surface area contributed by atoms with Crippen molar-refractivity contribution in [1.82, 2.24) is 24.3 Å². The third-order valence-electron chi connectivity index (χ3n) is 8.69. The summed E-state index contributed by atoms with van der Waals surface area (Å²) >= 11 is 0. The van der Waals surface area contributed by atoms with E-state index in [2.05, 4.69) is 21.4 Å². The van der Waals surface area contributed by atoms with Crippen LogP contribution in [-0.4, -0.2) is 43.6 Å². The third kappa shape index (κ3) is 5.04. The highest BCUT2D eigenvalue weighted by atomic mass is 32.2. The normalized spacial score (nSPS) is 18.4. The van der Waals surface area contributed by atoms with Gasteiger partial charge in [-0.25, -0.2) is 27.7 Å². The van der Waals surface area contributed by atoms with Crippen molar-refractivity contribution in [3.05, 3.63) is 90.6 Å². The first-order valence-corrected chi connectivity index (χ1v) is 16.4. The van der Waals surface area contributed by atoms with E-state index in [1.54, 1.807) is 32.2 Å². The fraction of sp³-hybridized carbons (Fsp3) is 0.303. The summed E-state index contributed by atoms with van der Waals surface area (Å²) in [5.74, 6) is 1.16. The van der Waals surface area contributed by atoms with Crippen molar-refractivity contribution < 1.29 is 22.7 Å². The number of carbonyl (C=O) groups is 1. The number of rotatable bonds is 9. The summed E-state index contributed by atoms with van der Waals surface area (Å²) in [5.41, 5.74) is 2.63. The predicted octanol–water partition coefficient (Wildman–Crippen LogP) is 6.11. The van der Waals surface area contributed by atoms with Gasteiger partial charge >= 0.3 is 6.09 Å². The molecular weight excluding hydrogens is 606 g/mol. The molecule has 1 aliphatic carbocycles. The van der Waals surface area contributed by atoms with E-state index in [1.807, 2.05) is 41.1 Å². The number of imidazole rings is 1. The third-order valence-corrected chi connectivity index (χ3v) is 11.2. The molecule has 1 N–H and O–H groups in total. The van der Waals surface area contributed by atoms with Crippen molar-refractivity contribution in [3.63, 3.8) is 0 Å². The highest BCUT2D eigenvalue weighted by molar-refractivity contribution is 7.93. The number of ether oxygens (including phenoxy) is 2. The van der Waals surface area contributed by atoms with Crippen molar-refractivity contribution in [1.29, 1.82) is 5.26 Å². The molecule has 3 aromatic heterocycles. The molecule has 0 bridgehead atoms. The van der Waals surface area contributed by atoms with E-state index in [4.69, 9.17) is 14.6 Å². The molecule has 4 heterocycles. The molecule has 12 nitrogen and oxygen atoms in total. The van der Waals surface area contributed by atoms with Crippen LogP contribution in [0.2, 0.25) is 0 Å². The van der Waals surface area contributed by atoms with Gasteiger partial charge in [0.1, 0.15) is 29.2 Å². The SMILES string of the molecule is CC1(C)C(OC(=O)n2ccnc2)c2cc(Nc3nn([C@@H](CC#N)C4CC4)c4ccnc(OCc5ccccc5)c34)ccc2S1(=O)=O. The Morgan fingerprint density at radius 1 is 1.15 bits per heavy atom. The minimum absolute atomic E-state index is 0.0956. The fourth-order valence-corrected chi connectivity index (χ4v) is 7.75. The first-order chi connectivity index (χ1) is 22.2. The summed E-state index contributed by atoms with van der Waals surface area (Å²) in [6.07, 6.45) is 6.37. The van der Waals surface area contributed by atoms with Crippen LogP contribution in [0.15, 0.2) is 84.4 Å². The van der Waals surface area contributed by atoms with E-state index in [0.717, 1.165) is 28.5 Å². The maximum Gasteiger partial charge on any atom is 0.419 e. The van der Waals surface area contributed by atoms with Gasteiger partial charge < -0.3 is 14.8 Å².